The molecule has 134 valence electrons. The first-order valence-corrected chi connectivity index (χ1v) is 8.81. The zero-order chi connectivity index (χ0) is 18.0. The number of hydrogen-bond acceptors (Lipinski definition) is 4. The molecule has 1 aliphatic rings. The minimum atomic E-state index is -4.42. The molecule has 2 heterocycles. The summed E-state index contributed by atoms with van der Waals surface area (Å²) < 4.78 is 40.2. The molecule has 1 aromatic carbocycles. The Labute approximate surface area is 156 Å². The van der Waals surface area contributed by atoms with Gasteiger partial charge in [-0.2, -0.15) is 13.2 Å². The number of anilines is 1. The molecule has 2 aromatic rings. The average Bonchev–Trinajstić information content (AvgIpc) is 3.02. The first kappa shape index (κ1) is 18.4. The van der Waals surface area contributed by atoms with Gasteiger partial charge in [0.1, 0.15) is 0 Å². The summed E-state index contributed by atoms with van der Waals surface area (Å²) in [5.74, 6) is 0.620. The van der Waals surface area contributed by atoms with Crippen LogP contribution in [0.15, 0.2) is 35.1 Å². The maximum absolute atomic E-state index is 13.1. The van der Waals surface area contributed by atoms with Gasteiger partial charge in [-0.1, -0.05) is 17.7 Å². The van der Waals surface area contributed by atoms with E-state index in [1.54, 1.807) is 12.4 Å². The van der Waals surface area contributed by atoms with E-state index in [1.165, 1.54) is 12.1 Å². The second-order valence-corrected chi connectivity index (χ2v) is 7.17. The number of nitrogens with zero attached hydrogens (tertiary/aromatic N) is 3. The van der Waals surface area contributed by atoms with E-state index in [2.05, 4.69) is 31.2 Å². The van der Waals surface area contributed by atoms with Crippen molar-refractivity contribution in [2.75, 3.05) is 18.0 Å². The smallest absolute Gasteiger partial charge is 0.339 e. The molecule has 0 bridgehead atoms. The van der Waals surface area contributed by atoms with E-state index >= 15 is 0 Å². The van der Waals surface area contributed by atoms with Crippen LogP contribution < -0.4 is 10.2 Å². The number of nitrogens with one attached hydrogen (secondary N) is 1. The normalized spacial score (nSPS) is 18.0. The zero-order valence-corrected chi connectivity index (χ0v) is 15.4. The molecule has 4 nitrogen and oxygen atoms in total. The van der Waals surface area contributed by atoms with Crippen LogP contribution in [-0.4, -0.2) is 29.1 Å². The standard InChI is InChI=1S/C16H15BrClF3N4/c17-11-7-23-15(24-8-11)25-4-3-13(9-25)22-6-10-1-2-12(18)5-14(10)16(19,20)21/h1-2,5,7-8,13,22H,3-4,6,9H2/t13-/m0/s1. The van der Waals surface area contributed by atoms with E-state index < -0.39 is 11.7 Å². The molecule has 25 heavy (non-hydrogen) atoms. The van der Waals surface area contributed by atoms with Crippen LogP contribution >= 0.6 is 27.5 Å². The van der Waals surface area contributed by atoms with Crippen LogP contribution in [0.4, 0.5) is 19.1 Å². The van der Waals surface area contributed by atoms with Gasteiger partial charge < -0.3 is 10.2 Å². The third-order valence-corrected chi connectivity index (χ3v) is 4.68. The molecule has 1 aromatic heterocycles. The van der Waals surface area contributed by atoms with Crippen molar-refractivity contribution in [1.29, 1.82) is 0 Å². The van der Waals surface area contributed by atoms with Crippen LogP contribution in [0.1, 0.15) is 17.5 Å². The fourth-order valence-corrected chi connectivity index (χ4v) is 3.18. The van der Waals surface area contributed by atoms with Crippen LogP contribution in [0.3, 0.4) is 0 Å². The highest BCUT2D eigenvalue weighted by Gasteiger charge is 2.33. The lowest BCUT2D eigenvalue weighted by molar-refractivity contribution is -0.138. The molecular formula is C16H15BrClF3N4. The molecule has 0 radical (unpaired) electrons. The van der Waals surface area contributed by atoms with Crippen molar-refractivity contribution in [3.05, 3.63) is 51.2 Å². The molecule has 0 unspecified atom stereocenters. The molecule has 1 saturated heterocycles. The Morgan fingerprint density at radius 2 is 2.00 bits per heavy atom. The molecule has 3 rings (SSSR count). The lowest BCUT2D eigenvalue weighted by Gasteiger charge is -2.18. The summed E-state index contributed by atoms with van der Waals surface area (Å²) in [6.45, 7) is 1.54. The van der Waals surface area contributed by atoms with E-state index in [4.69, 9.17) is 11.6 Å². The van der Waals surface area contributed by atoms with Gasteiger partial charge in [-0.15, -0.1) is 0 Å². The van der Waals surface area contributed by atoms with Crippen molar-refractivity contribution in [1.82, 2.24) is 15.3 Å². The summed E-state index contributed by atoms with van der Waals surface area (Å²) in [6.07, 6.45) is -0.262. The van der Waals surface area contributed by atoms with Crippen molar-refractivity contribution >= 4 is 33.5 Å². The Balaban J connectivity index is 1.63. The lowest BCUT2D eigenvalue weighted by atomic mass is 10.1. The van der Waals surface area contributed by atoms with Crippen molar-refractivity contribution in [2.45, 2.75) is 25.2 Å². The quantitative estimate of drug-likeness (QED) is 0.778. The van der Waals surface area contributed by atoms with E-state index in [0.717, 1.165) is 23.5 Å². The number of hydrogen-bond donors (Lipinski definition) is 1. The first-order valence-electron chi connectivity index (χ1n) is 7.64. The van der Waals surface area contributed by atoms with Gasteiger partial charge in [0.25, 0.3) is 0 Å². The molecule has 1 fully saturated rings. The summed E-state index contributed by atoms with van der Waals surface area (Å²) >= 11 is 8.99. The summed E-state index contributed by atoms with van der Waals surface area (Å²) in [5, 5.41) is 3.27. The van der Waals surface area contributed by atoms with Crippen molar-refractivity contribution < 1.29 is 13.2 Å². The highest BCUT2D eigenvalue weighted by atomic mass is 79.9. The van der Waals surface area contributed by atoms with Gasteiger partial charge in [0.05, 0.1) is 10.0 Å². The summed E-state index contributed by atoms with van der Waals surface area (Å²) in [5.41, 5.74) is -0.506. The highest BCUT2D eigenvalue weighted by Crippen LogP contribution is 2.34. The largest absolute Gasteiger partial charge is 0.416 e. The summed E-state index contributed by atoms with van der Waals surface area (Å²) in [4.78, 5) is 10.5. The van der Waals surface area contributed by atoms with Crippen LogP contribution in [0, 0.1) is 0 Å². The number of halogens is 5. The zero-order valence-electron chi connectivity index (χ0n) is 13.0. The average molecular weight is 436 g/mol. The Bertz CT molecular complexity index is 739. The highest BCUT2D eigenvalue weighted by molar-refractivity contribution is 9.10. The fourth-order valence-electron chi connectivity index (χ4n) is 2.80. The maximum Gasteiger partial charge on any atom is 0.416 e. The second-order valence-electron chi connectivity index (χ2n) is 5.81. The van der Waals surface area contributed by atoms with Crippen molar-refractivity contribution in [3.8, 4) is 0 Å². The molecular weight excluding hydrogens is 421 g/mol. The van der Waals surface area contributed by atoms with Crippen LogP contribution in [0.25, 0.3) is 0 Å². The molecule has 1 atom stereocenters. The van der Waals surface area contributed by atoms with Crippen molar-refractivity contribution in [2.24, 2.45) is 0 Å². The van der Waals surface area contributed by atoms with Gasteiger partial charge in [0, 0.05) is 43.1 Å². The first-order chi connectivity index (χ1) is 11.8. The predicted molar refractivity (Wildman–Crippen MR) is 93.6 cm³/mol. The molecule has 0 aliphatic carbocycles. The predicted octanol–water partition coefficient (Wildman–Crippen LogP) is 4.28. The van der Waals surface area contributed by atoms with Crippen LogP contribution in [0.2, 0.25) is 5.02 Å². The molecule has 0 saturated carbocycles. The number of alkyl halides is 3. The Kier molecular flexibility index (Phi) is 5.50. The third kappa shape index (κ3) is 4.62. The number of rotatable bonds is 4. The molecule has 0 spiro atoms. The van der Waals surface area contributed by atoms with Gasteiger partial charge in [-0.05, 0) is 40.0 Å². The minimum absolute atomic E-state index is 0.0732. The summed E-state index contributed by atoms with van der Waals surface area (Å²) in [7, 11) is 0. The van der Waals surface area contributed by atoms with E-state index in [9.17, 15) is 13.2 Å². The van der Waals surface area contributed by atoms with Crippen molar-refractivity contribution in [3.63, 3.8) is 0 Å². The SMILES string of the molecule is FC(F)(F)c1cc(Cl)ccc1CN[C@H]1CCN(c2ncc(Br)cn2)C1. The van der Waals surface area contributed by atoms with Gasteiger partial charge >= 0.3 is 6.18 Å². The molecule has 1 aliphatic heterocycles. The van der Waals surface area contributed by atoms with Gasteiger partial charge in [-0.3, -0.25) is 0 Å². The number of aromatic nitrogens is 2. The Morgan fingerprint density at radius 1 is 1.28 bits per heavy atom. The molecule has 0 amide bonds. The minimum Gasteiger partial charge on any atom is -0.339 e. The number of benzene rings is 1. The maximum atomic E-state index is 13.1. The topological polar surface area (TPSA) is 41.0 Å². The van der Waals surface area contributed by atoms with E-state index in [-0.39, 0.29) is 23.2 Å². The third-order valence-electron chi connectivity index (χ3n) is 4.04. The van der Waals surface area contributed by atoms with Crippen LogP contribution in [-0.2, 0) is 12.7 Å². The second kappa shape index (κ2) is 7.47. The Morgan fingerprint density at radius 3 is 2.68 bits per heavy atom. The fraction of sp³-hybridized carbons (Fsp3) is 0.375. The lowest BCUT2D eigenvalue weighted by Crippen LogP contribution is -2.33. The Hall–Kier alpha value is -1.38. The molecule has 1 N–H and O–H groups in total. The van der Waals surface area contributed by atoms with E-state index in [0.29, 0.717) is 12.5 Å². The molecule has 9 heteroatoms. The van der Waals surface area contributed by atoms with Gasteiger partial charge in [0.15, 0.2) is 0 Å². The van der Waals surface area contributed by atoms with E-state index in [1.807, 2.05) is 4.90 Å². The van der Waals surface area contributed by atoms with Gasteiger partial charge in [0.2, 0.25) is 5.95 Å². The summed E-state index contributed by atoms with van der Waals surface area (Å²) in [6, 6.07) is 3.94. The van der Waals surface area contributed by atoms with Crippen LogP contribution in [0.5, 0.6) is 0 Å². The van der Waals surface area contributed by atoms with Gasteiger partial charge in [-0.25, -0.2) is 9.97 Å². The monoisotopic (exact) mass is 434 g/mol.